The van der Waals surface area contributed by atoms with Gasteiger partial charge in [0, 0.05) is 30.3 Å². The molecule has 0 aromatic heterocycles. The van der Waals surface area contributed by atoms with Gasteiger partial charge in [-0.1, -0.05) is 41.9 Å². The van der Waals surface area contributed by atoms with Crippen LogP contribution in [0.4, 0.5) is 0 Å². The number of hydrogen-bond acceptors (Lipinski definition) is 2. The number of halogens is 1. The third-order valence-electron chi connectivity index (χ3n) is 4.02. The van der Waals surface area contributed by atoms with Crippen molar-refractivity contribution in [1.82, 2.24) is 5.32 Å². The summed E-state index contributed by atoms with van der Waals surface area (Å²) in [5, 5.41) is 3.66. The second-order valence-electron chi connectivity index (χ2n) is 6.51. The van der Waals surface area contributed by atoms with Crippen LogP contribution in [0.25, 0.3) is 0 Å². The molecule has 0 saturated heterocycles. The van der Waals surface area contributed by atoms with Crippen LogP contribution in [0, 0.1) is 5.92 Å². The average Bonchev–Trinajstić information content (AvgIpc) is 3.27. The average molecular weight is 354 g/mol. The van der Waals surface area contributed by atoms with Crippen molar-refractivity contribution in [3.05, 3.63) is 34.3 Å². The van der Waals surface area contributed by atoms with Gasteiger partial charge < -0.3 is 10.1 Å². The highest BCUT2D eigenvalue weighted by atomic mass is 79.9. The van der Waals surface area contributed by atoms with Gasteiger partial charge in [-0.25, -0.2) is 0 Å². The van der Waals surface area contributed by atoms with Gasteiger partial charge in [0.05, 0.1) is 0 Å². The molecule has 21 heavy (non-hydrogen) atoms. The van der Waals surface area contributed by atoms with Gasteiger partial charge in [-0.05, 0) is 55.2 Å². The largest absolute Gasteiger partial charge is 0.381 e. The predicted octanol–water partition coefficient (Wildman–Crippen LogP) is 4.74. The molecule has 118 valence electrons. The summed E-state index contributed by atoms with van der Waals surface area (Å²) in [7, 11) is 0. The lowest BCUT2D eigenvalue weighted by molar-refractivity contribution is 0.116. The molecular weight excluding hydrogens is 326 g/mol. The Morgan fingerprint density at radius 2 is 1.81 bits per heavy atom. The Morgan fingerprint density at radius 1 is 1.14 bits per heavy atom. The minimum Gasteiger partial charge on any atom is -0.381 e. The Morgan fingerprint density at radius 3 is 2.43 bits per heavy atom. The highest BCUT2D eigenvalue weighted by Crippen LogP contribution is 2.24. The zero-order chi connectivity index (χ0) is 15.1. The monoisotopic (exact) mass is 353 g/mol. The standard InChI is InChI=1S/C18H28BrNO/c1-14(2)9-11-21-12-10-16(13-20-18-7-8-18)15-3-5-17(19)6-4-15/h3-6,14,16,18,20H,7-13H2,1-2H3. The Labute approximate surface area is 137 Å². The molecule has 2 rings (SSSR count). The lowest BCUT2D eigenvalue weighted by Crippen LogP contribution is -2.24. The van der Waals surface area contributed by atoms with E-state index in [0.29, 0.717) is 5.92 Å². The molecule has 1 saturated carbocycles. The summed E-state index contributed by atoms with van der Waals surface area (Å²) in [6.07, 6.45) is 4.94. The van der Waals surface area contributed by atoms with Crippen LogP contribution >= 0.6 is 15.9 Å². The molecular formula is C18H28BrNO. The van der Waals surface area contributed by atoms with Crippen LogP contribution in [0.1, 0.15) is 51.0 Å². The van der Waals surface area contributed by atoms with E-state index in [1.54, 1.807) is 0 Å². The zero-order valence-corrected chi connectivity index (χ0v) is 14.9. The van der Waals surface area contributed by atoms with Crippen LogP contribution in [-0.2, 0) is 4.74 Å². The van der Waals surface area contributed by atoms with Crippen LogP contribution in [0.5, 0.6) is 0 Å². The van der Waals surface area contributed by atoms with Gasteiger partial charge in [0.15, 0.2) is 0 Å². The van der Waals surface area contributed by atoms with Crippen molar-refractivity contribution in [1.29, 1.82) is 0 Å². The lowest BCUT2D eigenvalue weighted by Gasteiger charge is -2.18. The van der Waals surface area contributed by atoms with E-state index in [2.05, 4.69) is 59.4 Å². The van der Waals surface area contributed by atoms with Gasteiger partial charge in [-0.2, -0.15) is 0 Å². The van der Waals surface area contributed by atoms with Crippen LogP contribution in [0.15, 0.2) is 28.7 Å². The normalized spacial score (nSPS) is 16.4. The SMILES string of the molecule is CC(C)CCOCCC(CNC1CC1)c1ccc(Br)cc1. The first-order valence-electron chi connectivity index (χ1n) is 8.21. The number of ether oxygens (including phenoxy) is 1. The number of rotatable bonds is 10. The summed E-state index contributed by atoms with van der Waals surface area (Å²) >= 11 is 3.51. The van der Waals surface area contributed by atoms with Gasteiger partial charge in [0.1, 0.15) is 0 Å². The highest BCUT2D eigenvalue weighted by Gasteiger charge is 2.22. The van der Waals surface area contributed by atoms with Crippen LogP contribution in [0.3, 0.4) is 0 Å². The van der Waals surface area contributed by atoms with E-state index < -0.39 is 0 Å². The van der Waals surface area contributed by atoms with Crippen LogP contribution in [0.2, 0.25) is 0 Å². The van der Waals surface area contributed by atoms with Gasteiger partial charge in [-0.15, -0.1) is 0 Å². The fourth-order valence-electron chi connectivity index (χ4n) is 2.36. The Hall–Kier alpha value is -0.380. The zero-order valence-electron chi connectivity index (χ0n) is 13.3. The van der Waals surface area contributed by atoms with Crippen molar-refractivity contribution in [2.75, 3.05) is 19.8 Å². The molecule has 0 bridgehead atoms. The number of nitrogens with one attached hydrogen (secondary N) is 1. The molecule has 1 aromatic carbocycles. The van der Waals surface area contributed by atoms with Gasteiger partial charge in [-0.3, -0.25) is 0 Å². The minimum absolute atomic E-state index is 0.553. The van der Waals surface area contributed by atoms with E-state index in [9.17, 15) is 0 Å². The topological polar surface area (TPSA) is 21.3 Å². The Kier molecular flexibility index (Phi) is 7.21. The van der Waals surface area contributed by atoms with Gasteiger partial charge in [0.25, 0.3) is 0 Å². The third kappa shape index (κ3) is 6.94. The summed E-state index contributed by atoms with van der Waals surface area (Å²) in [6, 6.07) is 9.51. The van der Waals surface area contributed by atoms with Crippen LogP contribution < -0.4 is 5.32 Å². The van der Waals surface area contributed by atoms with E-state index in [1.807, 2.05) is 0 Å². The van der Waals surface area contributed by atoms with E-state index in [0.717, 1.165) is 49.0 Å². The summed E-state index contributed by atoms with van der Waals surface area (Å²) in [4.78, 5) is 0. The van der Waals surface area contributed by atoms with Gasteiger partial charge in [0.2, 0.25) is 0 Å². The van der Waals surface area contributed by atoms with E-state index in [-0.39, 0.29) is 0 Å². The maximum Gasteiger partial charge on any atom is 0.0472 e. The molecule has 1 N–H and O–H groups in total. The number of benzene rings is 1. The summed E-state index contributed by atoms with van der Waals surface area (Å²) in [5.74, 6) is 1.28. The second kappa shape index (κ2) is 8.92. The lowest BCUT2D eigenvalue weighted by atomic mass is 9.96. The molecule has 1 unspecified atom stereocenters. The van der Waals surface area contributed by atoms with E-state index in [1.165, 1.54) is 18.4 Å². The third-order valence-corrected chi connectivity index (χ3v) is 4.55. The predicted molar refractivity (Wildman–Crippen MR) is 92.8 cm³/mol. The van der Waals surface area contributed by atoms with Crippen molar-refractivity contribution >= 4 is 15.9 Å². The van der Waals surface area contributed by atoms with E-state index in [4.69, 9.17) is 4.74 Å². The molecule has 0 amide bonds. The van der Waals surface area contributed by atoms with Crippen molar-refractivity contribution in [2.45, 2.75) is 51.5 Å². The first-order valence-corrected chi connectivity index (χ1v) is 9.01. The molecule has 0 aliphatic heterocycles. The van der Waals surface area contributed by atoms with Crippen LogP contribution in [-0.4, -0.2) is 25.8 Å². The molecule has 3 heteroatoms. The van der Waals surface area contributed by atoms with E-state index >= 15 is 0 Å². The molecule has 1 aliphatic carbocycles. The maximum atomic E-state index is 5.81. The molecule has 1 fully saturated rings. The fraction of sp³-hybridized carbons (Fsp3) is 0.667. The maximum absolute atomic E-state index is 5.81. The number of hydrogen-bond donors (Lipinski definition) is 1. The molecule has 1 aromatic rings. The molecule has 0 heterocycles. The molecule has 0 radical (unpaired) electrons. The quantitative estimate of drug-likeness (QED) is 0.613. The Bertz CT molecular complexity index is 400. The summed E-state index contributed by atoms with van der Waals surface area (Å²) in [6.45, 7) is 7.31. The van der Waals surface area contributed by atoms with Crippen molar-refractivity contribution in [3.63, 3.8) is 0 Å². The van der Waals surface area contributed by atoms with Crippen molar-refractivity contribution in [2.24, 2.45) is 5.92 Å². The van der Waals surface area contributed by atoms with Gasteiger partial charge >= 0.3 is 0 Å². The smallest absolute Gasteiger partial charge is 0.0472 e. The first kappa shape index (κ1) is 17.0. The first-order chi connectivity index (χ1) is 10.1. The molecule has 1 aliphatic rings. The second-order valence-corrected chi connectivity index (χ2v) is 7.43. The highest BCUT2D eigenvalue weighted by molar-refractivity contribution is 9.10. The van der Waals surface area contributed by atoms with Crippen molar-refractivity contribution in [3.8, 4) is 0 Å². The minimum atomic E-state index is 0.553. The Balaban J connectivity index is 1.78. The summed E-state index contributed by atoms with van der Waals surface area (Å²) < 4.78 is 6.95. The summed E-state index contributed by atoms with van der Waals surface area (Å²) in [5.41, 5.74) is 1.42. The molecule has 0 spiro atoms. The molecule has 1 atom stereocenters. The van der Waals surface area contributed by atoms with Crippen molar-refractivity contribution < 1.29 is 4.74 Å². The molecule has 2 nitrogen and oxygen atoms in total. The fourth-order valence-corrected chi connectivity index (χ4v) is 2.63.